The smallest absolute Gasteiger partial charge is 0.246 e. The summed E-state index contributed by atoms with van der Waals surface area (Å²) in [5, 5.41) is 11.3. The number of benzene rings is 1. The van der Waals surface area contributed by atoms with E-state index in [2.05, 4.69) is 5.32 Å². The van der Waals surface area contributed by atoms with Crippen molar-refractivity contribution in [3.63, 3.8) is 0 Å². The lowest BCUT2D eigenvalue weighted by atomic mass is 9.99. The second kappa shape index (κ2) is 7.91. The number of hydrogen-bond donors (Lipinski definition) is 2. The van der Waals surface area contributed by atoms with E-state index < -0.39 is 21.8 Å². The molecule has 1 amide bonds. The van der Waals surface area contributed by atoms with Crippen molar-refractivity contribution in [2.45, 2.75) is 17.7 Å². The van der Waals surface area contributed by atoms with Gasteiger partial charge in [0.2, 0.25) is 15.9 Å². The molecule has 0 aromatic heterocycles. The lowest BCUT2D eigenvalue weighted by Gasteiger charge is -2.31. The van der Waals surface area contributed by atoms with E-state index in [0.717, 1.165) is 12.1 Å². The van der Waals surface area contributed by atoms with Gasteiger partial charge in [-0.15, -0.1) is 0 Å². The number of aliphatic hydroxyl groups is 1. The van der Waals surface area contributed by atoms with Crippen molar-refractivity contribution < 1.29 is 27.4 Å². The first kappa shape index (κ1) is 18.6. The van der Waals surface area contributed by atoms with Crippen molar-refractivity contribution in [3.05, 3.63) is 24.0 Å². The maximum atomic E-state index is 13.5. The molecule has 2 N–H and O–H groups in total. The Morgan fingerprint density at radius 2 is 2.25 bits per heavy atom. The Labute approximate surface area is 140 Å². The highest BCUT2D eigenvalue weighted by atomic mass is 32.2. The summed E-state index contributed by atoms with van der Waals surface area (Å²) < 4.78 is 45.3. The number of sulfonamides is 1. The van der Waals surface area contributed by atoms with Crippen LogP contribution >= 0.6 is 0 Å². The number of carbonyl (C=O) groups excluding carboxylic acids is 1. The van der Waals surface area contributed by atoms with E-state index in [0.29, 0.717) is 12.8 Å². The van der Waals surface area contributed by atoms with Crippen LogP contribution in [0.4, 0.5) is 4.39 Å². The molecule has 0 aliphatic carbocycles. The molecule has 0 bridgehead atoms. The second-order valence-corrected chi connectivity index (χ2v) is 7.42. The predicted molar refractivity (Wildman–Crippen MR) is 84.5 cm³/mol. The number of methoxy groups -OCH3 is 1. The minimum Gasteiger partial charge on any atom is -0.495 e. The van der Waals surface area contributed by atoms with Crippen LogP contribution in [0.2, 0.25) is 0 Å². The molecule has 1 fully saturated rings. The Bertz CT molecular complexity index is 695. The molecule has 7 nitrogen and oxygen atoms in total. The Morgan fingerprint density at radius 3 is 2.92 bits per heavy atom. The highest BCUT2D eigenvalue weighted by Crippen LogP contribution is 2.30. The van der Waals surface area contributed by atoms with Gasteiger partial charge in [0.25, 0.3) is 0 Å². The lowest BCUT2D eigenvalue weighted by molar-refractivity contribution is -0.126. The van der Waals surface area contributed by atoms with Gasteiger partial charge in [-0.05, 0) is 31.0 Å². The average molecular weight is 360 g/mol. The summed E-state index contributed by atoms with van der Waals surface area (Å²) in [5.74, 6) is -1.42. The van der Waals surface area contributed by atoms with Crippen molar-refractivity contribution in [2.24, 2.45) is 5.92 Å². The summed E-state index contributed by atoms with van der Waals surface area (Å²) in [7, 11) is -2.66. The molecule has 24 heavy (non-hydrogen) atoms. The number of rotatable bonds is 6. The van der Waals surface area contributed by atoms with Crippen LogP contribution in [0.5, 0.6) is 5.75 Å². The van der Waals surface area contributed by atoms with Crippen LogP contribution in [-0.4, -0.2) is 57.1 Å². The van der Waals surface area contributed by atoms with Gasteiger partial charge in [-0.1, -0.05) is 0 Å². The number of nitrogens with one attached hydrogen (secondary N) is 1. The van der Waals surface area contributed by atoms with Gasteiger partial charge in [0.1, 0.15) is 16.5 Å². The van der Waals surface area contributed by atoms with Gasteiger partial charge in [-0.3, -0.25) is 4.79 Å². The van der Waals surface area contributed by atoms with Crippen LogP contribution in [0.15, 0.2) is 23.1 Å². The first-order chi connectivity index (χ1) is 11.4. The van der Waals surface area contributed by atoms with Crippen LogP contribution < -0.4 is 10.1 Å². The van der Waals surface area contributed by atoms with E-state index in [9.17, 15) is 17.6 Å². The summed E-state index contributed by atoms with van der Waals surface area (Å²) in [5.41, 5.74) is 0. The van der Waals surface area contributed by atoms with Crippen LogP contribution in [0, 0.1) is 11.7 Å². The van der Waals surface area contributed by atoms with Crippen molar-refractivity contribution in [1.82, 2.24) is 9.62 Å². The fourth-order valence-corrected chi connectivity index (χ4v) is 4.38. The third-order valence-corrected chi connectivity index (χ3v) is 5.80. The largest absolute Gasteiger partial charge is 0.495 e. The fourth-order valence-electron chi connectivity index (χ4n) is 2.69. The Hall–Kier alpha value is -1.71. The number of amides is 1. The molecular weight excluding hydrogens is 339 g/mol. The van der Waals surface area contributed by atoms with E-state index in [1.165, 1.54) is 17.5 Å². The minimum atomic E-state index is -3.98. The number of carbonyl (C=O) groups is 1. The average Bonchev–Trinajstić information content (AvgIpc) is 2.59. The summed E-state index contributed by atoms with van der Waals surface area (Å²) >= 11 is 0. The fraction of sp³-hybridized carbons (Fsp3) is 0.533. The lowest BCUT2D eigenvalue weighted by Crippen LogP contribution is -2.45. The maximum Gasteiger partial charge on any atom is 0.246 e. The summed E-state index contributed by atoms with van der Waals surface area (Å²) in [6.45, 7) is 0.214. The summed E-state index contributed by atoms with van der Waals surface area (Å²) in [4.78, 5) is 11.8. The molecule has 134 valence electrons. The summed E-state index contributed by atoms with van der Waals surface area (Å²) in [6, 6.07) is 3.31. The van der Waals surface area contributed by atoms with Gasteiger partial charge >= 0.3 is 0 Å². The number of halogens is 1. The molecule has 0 saturated carbocycles. The van der Waals surface area contributed by atoms with Gasteiger partial charge in [-0.25, -0.2) is 12.8 Å². The van der Waals surface area contributed by atoms with Gasteiger partial charge in [-0.2, -0.15) is 4.31 Å². The van der Waals surface area contributed by atoms with Crippen molar-refractivity contribution in [3.8, 4) is 5.75 Å². The maximum absolute atomic E-state index is 13.5. The molecule has 0 unspecified atom stereocenters. The number of hydrogen-bond acceptors (Lipinski definition) is 5. The van der Waals surface area contributed by atoms with Gasteiger partial charge in [0.05, 0.1) is 19.6 Å². The molecule has 9 heteroatoms. The molecule has 1 saturated heterocycles. The van der Waals surface area contributed by atoms with E-state index in [1.54, 1.807) is 0 Å². The normalized spacial score (nSPS) is 19.0. The molecule has 0 radical (unpaired) electrons. The zero-order chi connectivity index (χ0) is 17.7. The van der Waals surface area contributed by atoms with Gasteiger partial charge < -0.3 is 15.2 Å². The van der Waals surface area contributed by atoms with Gasteiger partial charge in [0, 0.05) is 19.6 Å². The van der Waals surface area contributed by atoms with E-state index in [-0.39, 0.29) is 42.8 Å². The quantitative estimate of drug-likeness (QED) is 0.763. The Kier molecular flexibility index (Phi) is 6.14. The Morgan fingerprint density at radius 1 is 1.50 bits per heavy atom. The molecule has 1 aromatic rings. The van der Waals surface area contributed by atoms with Crippen molar-refractivity contribution >= 4 is 15.9 Å². The van der Waals surface area contributed by atoms with Crippen molar-refractivity contribution in [1.29, 1.82) is 0 Å². The molecule has 1 aromatic carbocycles. The first-order valence-corrected chi connectivity index (χ1v) is 9.06. The standard InChI is InChI=1S/C15H21FN2O5S/c1-23-13-5-4-12(16)9-14(13)24(21,22)18-7-2-3-11(10-18)15(20)17-6-8-19/h4-5,9,11,19H,2-3,6-8,10H2,1H3,(H,17,20)/t11-/m0/s1. The summed E-state index contributed by atoms with van der Waals surface area (Å²) in [6.07, 6.45) is 1.08. The monoisotopic (exact) mass is 360 g/mol. The SMILES string of the molecule is COc1ccc(F)cc1S(=O)(=O)N1CCC[C@H](C(=O)NCCO)C1. The van der Waals surface area contributed by atoms with Crippen LogP contribution in [-0.2, 0) is 14.8 Å². The van der Waals surface area contributed by atoms with Crippen LogP contribution in [0.3, 0.4) is 0 Å². The van der Waals surface area contributed by atoms with Crippen LogP contribution in [0.1, 0.15) is 12.8 Å². The van der Waals surface area contributed by atoms with Gasteiger partial charge in [0.15, 0.2) is 0 Å². The molecule has 1 heterocycles. The van der Waals surface area contributed by atoms with Crippen LogP contribution in [0.25, 0.3) is 0 Å². The molecule has 2 rings (SSSR count). The van der Waals surface area contributed by atoms with E-state index in [4.69, 9.17) is 9.84 Å². The predicted octanol–water partition coefficient (Wildman–Crippen LogP) is 0.344. The third-order valence-electron chi connectivity index (χ3n) is 3.91. The van der Waals surface area contributed by atoms with Crippen molar-refractivity contribution in [2.75, 3.05) is 33.4 Å². The Balaban J connectivity index is 2.23. The molecule has 1 atom stereocenters. The first-order valence-electron chi connectivity index (χ1n) is 7.62. The molecular formula is C15H21FN2O5S. The number of piperidine rings is 1. The molecule has 0 spiro atoms. The zero-order valence-electron chi connectivity index (χ0n) is 13.4. The second-order valence-electron chi connectivity index (χ2n) is 5.51. The molecule has 1 aliphatic heterocycles. The highest BCUT2D eigenvalue weighted by Gasteiger charge is 2.34. The number of nitrogens with zero attached hydrogens (tertiary/aromatic N) is 1. The zero-order valence-corrected chi connectivity index (χ0v) is 14.2. The molecule has 1 aliphatic rings. The topological polar surface area (TPSA) is 95.9 Å². The highest BCUT2D eigenvalue weighted by molar-refractivity contribution is 7.89. The van der Waals surface area contributed by atoms with E-state index >= 15 is 0 Å². The number of aliphatic hydroxyl groups excluding tert-OH is 1. The minimum absolute atomic E-state index is 0.0132. The third kappa shape index (κ3) is 4.03. The van der Waals surface area contributed by atoms with E-state index in [1.807, 2.05) is 0 Å². The number of ether oxygens (including phenoxy) is 1.